The van der Waals surface area contributed by atoms with Crippen molar-refractivity contribution in [3.05, 3.63) is 71.7 Å². The second-order valence-corrected chi connectivity index (χ2v) is 5.93. The summed E-state index contributed by atoms with van der Waals surface area (Å²) in [4.78, 5) is 23.9. The fourth-order valence-corrected chi connectivity index (χ4v) is 2.46. The third-order valence-electron chi connectivity index (χ3n) is 3.96. The van der Waals surface area contributed by atoms with E-state index in [0.717, 1.165) is 11.1 Å². The molecule has 0 bridgehead atoms. The van der Waals surface area contributed by atoms with E-state index in [1.165, 1.54) is 30.1 Å². The van der Waals surface area contributed by atoms with Crippen LogP contribution in [0.1, 0.15) is 15.9 Å². The van der Waals surface area contributed by atoms with Gasteiger partial charge in [0.1, 0.15) is 17.1 Å². The van der Waals surface area contributed by atoms with Crippen LogP contribution in [0.4, 0.5) is 4.39 Å². The predicted octanol–water partition coefficient (Wildman–Crippen LogP) is 2.89. The standard InChI is InChI=1S/C20H18FN3O3/c1-13-3-5-14(6-4-13)19-17(20(26)27-12-18(25)22-2)11-24(23-19)16-9-7-15(21)8-10-16/h3-11H,12H2,1-2H3,(H,22,25). The van der Waals surface area contributed by atoms with Gasteiger partial charge in [-0.1, -0.05) is 29.8 Å². The first-order valence-corrected chi connectivity index (χ1v) is 8.28. The lowest BCUT2D eigenvalue weighted by Crippen LogP contribution is -2.25. The highest BCUT2D eigenvalue weighted by molar-refractivity contribution is 5.97. The fourth-order valence-electron chi connectivity index (χ4n) is 2.46. The number of amides is 1. The van der Waals surface area contributed by atoms with Gasteiger partial charge in [-0.25, -0.2) is 13.9 Å². The molecule has 1 amide bonds. The van der Waals surface area contributed by atoms with Crippen LogP contribution < -0.4 is 5.32 Å². The first kappa shape index (κ1) is 18.3. The molecule has 0 aliphatic rings. The lowest BCUT2D eigenvalue weighted by atomic mass is 10.1. The molecule has 0 spiro atoms. The van der Waals surface area contributed by atoms with E-state index < -0.39 is 11.9 Å². The van der Waals surface area contributed by atoms with Crippen molar-refractivity contribution in [2.24, 2.45) is 0 Å². The highest BCUT2D eigenvalue weighted by Gasteiger charge is 2.20. The maximum Gasteiger partial charge on any atom is 0.342 e. The molecule has 0 saturated heterocycles. The molecular weight excluding hydrogens is 349 g/mol. The molecule has 7 heteroatoms. The first-order valence-electron chi connectivity index (χ1n) is 8.28. The molecule has 1 N–H and O–H groups in total. The number of benzene rings is 2. The highest BCUT2D eigenvalue weighted by atomic mass is 19.1. The van der Waals surface area contributed by atoms with Crippen molar-refractivity contribution in [3.8, 4) is 16.9 Å². The van der Waals surface area contributed by atoms with E-state index in [-0.39, 0.29) is 18.0 Å². The van der Waals surface area contributed by atoms with E-state index in [9.17, 15) is 14.0 Å². The first-order chi connectivity index (χ1) is 13.0. The van der Waals surface area contributed by atoms with Crippen molar-refractivity contribution < 1.29 is 18.7 Å². The second kappa shape index (κ2) is 7.82. The highest BCUT2D eigenvalue weighted by Crippen LogP contribution is 2.25. The van der Waals surface area contributed by atoms with E-state index in [0.29, 0.717) is 11.4 Å². The Labute approximate surface area is 155 Å². The quantitative estimate of drug-likeness (QED) is 0.704. The van der Waals surface area contributed by atoms with Gasteiger partial charge in [0.05, 0.1) is 5.69 Å². The van der Waals surface area contributed by atoms with Gasteiger partial charge in [0.2, 0.25) is 0 Å². The largest absolute Gasteiger partial charge is 0.452 e. The number of aryl methyl sites for hydroxylation is 1. The molecule has 0 fully saturated rings. The number of likely N-dealkylation sites (N-methyl/N-ethyl adjacent to an activating group) is 1. The Balaban J connectivity index is 2.00. The average molecular weight is 367 g/mol. The number of rotatable bonds is 5. The minimum atomic E-state index is -0.664. The van der Waals surface area contributed by atoms with E-state index in [1.807, 2.05) is 31.2 Å². The van der Waals surface area contributed by atoms with Crippen LogP contribution >= 0.6 is 0 Å². The number of carbonyl (C=O) groups is 2. The van der Waals surface area contributed by atoms with Gasteiger partial charge in [-0.15, -0.1) is 0 Å². The molecule has 6 nitrogen and oxygen atoms in total. The maximum absolute atomic E-state index is 13.2. The summed E-state index contributed by atoms with van der Waals surface area (Å²) in [6.45, 7) is 1.57. The zero-order valence-electron chi connectivity index (χ0n) is 14.9. The second-order valence-electron chi connectivity index (χ2n) is 5.93. The number of nitrogens with zero attached hydrogens (tertiary/aromatic N) is 2. The van der Waals surface area contributed by atoms with E-state index in [4.69, 9.17) is 4.74 Å². The van der Waals surface area contributed by atoms with Crippen molar-refractivity contribution in [2.45, 2.75) is 6.92 Å². The van der Waals surface area contributed by atoms with E-state index >= 15 is 0 Å². The molecule has 1 aromatic heterocycles. The third kappa shape index (κ3) is 4.20. The Morgan fingerprint density at radius 1 is 1.11 bits per heavy atom. The van der Waals surface area contributed by atoms with Gasteiger partial charge in [-0.2, -0.15) is 5.10 Å². The summed E-state index contributed by atoms with van der Waals surface area (Å²) >= 11 is 0. The van der Waals surface area contributed by atoms with Crippen LogP contribution in [0.3, 0.4) is 0 Å². The van der Waals surface area contributed by atoms with E-state index in [2.05, 4.69) is 10.4 Å². The van der Waals surface area contributed by atoms with Crippen LogP contribution in [0, 0.1) is 12.7 Å². The SMILES string of the molecule is CNC(=O)COC(=O)c1cn(-c2ccc(F)cc2)nc1-c1ccc(C)cc1. The number of hydrogen-bond acceptors (Lipinski definition) is 4. The predicted molar refractivity (Wildman–Crippen MR) is 98.0 cm³/mol. The van der Waals surface area contributed by atoms with Gasteiger partial charge in [0.25, 0.3) is 5.91 Å². The minimum Gasteiger partial charge on any atom is -0.452 e. The maximum atomic E-state index is 13.2. The van der Waals surface area contributed by atoms with Gasteiger partial charge in [-0.3, -0.25) is 4.79 Å². The van der Waals surface area contributed by atoms with Crippen LogP contribution in [0.2, 0.25) is 0 Å². The summed E-state index contributed by atoms with van der Waals surface area (Å²) < 4.78 is 19.7. The number of nitrogens with one attached hydrogen (secondary N) is 1. The number of aromatic nitrogens is 2. The topological polar surface area (TPSA) is 73.2 Å². The van der Waals surface area contributed by atoms with Gasteiger partial charge in [0, 0.05) is 18.8 Å². The zero-order chi connectivity index (χ0) is 19.4. The van der Waals surface area contributed by atoms with Crippen molar-refractivity contribution in [3.63, 3.8) is 0 Å². The normalized spacial score (nSPS) is 10.5. The Morgan fingerprint density at radius 2 is 1.78 bits per heavy atom. The Morgan fingerprint density at radius 3 is 2.41 bits per heavy atom. The molecule has 2 aromatic carbocycles. The summed E-state index contributed by atoms with van der Waals surface area (Å²) in [6.07, 6.45) is 1.51. The average Bonchev–Trinajstić information content (AvgIpc) is 3.12. The number of esters is 1. The molecule has 0 unspecified atom stereocenters. The zero-order valence-corrected chi connectivity index (χ0v) is 14.9. The molecule has 0 radical (unpaired) electrons. The molecule has 138 valence electrons. The Kier molecular flexibility index (Phi) is 5.30. The van der Waals surface area contributed by atoms with Gasteiger partial charge < -0.3 is 10.1 Å². The molecule has 0 saturated carbocycles. The van der Waals surface area contributed by atoms with Crippen molar-refractivity contribution in [1.29, 1.82) is 0 Å². The van der Waals surface area contributed by atoms with Crippen molar-refractivity contribution in [1.82, 2.24) is 15.1 Å². The van der Waals surface area contributed by atoms with E-state index in [1.54, 1.807) is 12.1 Å². The molecule has 1 heterocycles. The van der Waals surface area contributed by atoms with Crippen LogP contribution in [-0.4, -0.2) is 35.3 Å². The molecule has 0 aliphatic heterocycles. The van der Waals surface area contributed by atoms with Crippen LogP contribution in [0.25, 0.3) is 16.9 Å². The third-order valence-corrected chi connectivity index (χ3v) is 3.96. The molecule has 0 aliphatic carbocycles. The monoisotopic (exact) mass is 367 g/mol. The molecule has 0 atom stereocenters. The number of hydrogen-bond donors (Lipinski definition) is 1. The lowest BCUT2D eigenvalue weighted by Gasteiger charge is -2.04. The summed E-state index contributed by atoms with van der Waals surface area (Å²) in [6, 6.07) is 13.3. The summed E-state index contributed by atoms with van der Waals surface area (Å²) in [5, 5.41) is 6.86. The minimum absolute atomic E-state index is 0.215. The number of halogens is 1. The van der Waals surface area contributed by atoms with Crippen molar-refractivity contribution >= 4 is 11.9 Å². The van der Waals surface area contributed by atoms with Crippen LogP contribution in [0.15, 0.2) is 54.7 Å². The molecule has 3 rings (SSSR count). The summed E-state index contributed by atoms with van der Waals surface area (Å²) in [5.41, 5.74) is 3.03. The number of carbonyl (C=O) groups excluding carboxylic acids is 2. The van der Waals surface area contributed by atoms with Crippen LogP contribution in [0.5, 0.6) is 0 Å². The molecular formula is C20H18FN3O3. The lowest BCUT2D eigenvalue weighted by molar-refractivity contribution is -0.123. The van der Waals surface area contributed by atoms with Gasteiger partial charge in [0.15, 0.2) is 6.61 Å². The van der Waals surface area contributed by atoms with Crippen molar-refractivity contribution in [2.75, 3.05) is 13.7 Å². The van der Waals surface area contributed by atoms with Gasteiger partial charge >= 0.3 is 5.97 Å². The Bertz CT molecular complexity index is 963. The molecule has 3 aromatic rings. The summed E-state index contributed by atoms with van der Waals surface area (Å²) in [7, 11) is 1.46. The number of ether oxygens (including phenoxy) is 1. The Hall–Kier alpha value is -3.48. The van der Waals surface area contributed by atoms with Crippen LogP contribution in [-0.2, 0) is 9.53 Å². The summed E-state index contributed by atoms with van der Waals surface area (Å²) in [5.74, 6) is -1.44. The smallest absolute Gasteiger partial charge is 0.342 e. The molecule has 27 heavy (non-hydrogen) atoms. The fraction of sp³-hybridized carbons (Fsp3) is 0.150. The van der Waals surface area contributed by atoms with Gasteiger partial charge in [-0.05, 0) is 31.2 Å².